The van der Waals surface area contributed by atoms with Crippen LogP contribution in [0.4, 0.5) is 10.5 Å². The number of anilines is 1. The Balaban J connectivity index is 1.71. The van der Waals surface area contributed by atoms with Gasteiger partial charge in [0.2, 0.25) is 5.91 Å². The third kappa shape index (κ3) is 3.98. The molecule has 1 unspecified atom stereocenters. The van der Waals surface area contributed by atoms with Crippen molar-refractivity contribution in [3.05, 3.63) is 24.1 Å². The number of hydrogen-bond donors (Lipinski definition) is 1. The summed E-state index contributed by atoms with van der Waals surface area (Å²) in [6.45, 7) is 7.93. The summed E-state index contributed by atoms with van der Waals surface area (Å²) in [4.78, 5) is 30.9. The lowest BCUT2D eigenvalue weighted by Crippen LogP contribution is -2.45. The Hall–Kier alpha value is -2.57. The maximum atomic E-state index is 12.7. The number of oxazole rings is 1. The van der Waals surface area contributed by atoms with E-state index in [-0.39, 0.29) is 5.91 Å². The lowest BCUT2D eigenvalue weighted by atomic mass is 10.2. The second-order valence-corrected chi connectivity index (χ2v) is 7.46. The molecule has 0 radical (unpaired) electrons. The summed E-state index contributed by atoms with van der Waals surface area (Å²) in [5, 5.41) is 2.88. The third-order valence-electron chi connectivity index (χ3n) is 4.19. The van der Waals surface area contributed by atoms with Crippen LogP contribution in [0.1, 0.15) is 46.4 Å². The van der Waals surface area contributed by atoms with E-state index in [1.54, 1.807) is 18.2 Å². The Bertz CT molecular complexity index is 822. The molecule has 0 aliphatic carbocycles. The van der Waals surface area contributed by atoms with Crippen LogP contribution in [0, 0.1) is 0 Å². The summed E-state index contributed by atoms with van der Waals surface area (Å²) in [6, 6.07) is 4.82. The van der Waals surface area contributed by atoms with E-state index in [0.29, 0.717) is 42.1 Å². The molecule has 0 spiro atoms. The van der Waals surface area contributed by atoms with Gasteiger partial charge in [-0.1, -0.05) is 6.92 Å². The van der Waals surface area contributed by atoms with Crippen molar-refractivity contribution in [1.82, 2.24) is 9.88 Å². The molecule has 1 atom stereocenters. The van der Waals surface area contributed by atoms with Crippen molar-refractivity contribution >= 4 is 28.8 Å². The number of carbonyl (C=O) groups is 2. The Labute approximate surface area is 152 Å². The summed E-state index contributed by atoms with van der Waals surface area (Å²) in [5.41, 5.74) is 1.44. The van der Waals surface area contributed by atoms with Gasteiger partial charge in [-0.05, 0) is 51.8 Å². The summed E-state index contributed by atoms with van der Waals surface area (Å²) >= 11 is 0. The number of carbonyl (C=O) groups excluding carboxylic acids is 2. The minimum absolute atomic E-state index is 0.216. The van der Waals surface area contributed by atoms with E-state index < -0.39 is 17.7 Å². The van der Waals surface area contributed by atoms with Crippen LogP contribution < -0.4 is 5.32 Å². The van der Waals surface area contributed by atoms with Gasteiger partial charge in [0.25, 0.3) is 0 Å². The Kier molecular flexibility index (Phi) is 4.89. The molecule has 26 heavy (non-hydrogen) atoms. The fourth-order valence-corrected chi connectivity index (χ4v) is 3.01. The van der Waals surface area contributed by atoms with Crippen LogP contribution in [-0.2, 0) is 16.0 Å². The Morgan fingerprint density at radius 1 is 1.38 bits per heavy atom. The molecule has 1 N–H and O–H groups in total. The molecule has 7 heteroatoms. The molecule has 2 aromatic rings. The first-order valence-electron chi connectivity index (χ1n) is 8.97. The molecule has 1 aromatic carbocycles. The fraction of sp³-hybridized carbons (Fsp3) is 0.526. The van der Waals surface area contributed by atoms with E-state index in [1.165, 1.54) is 4.90 Å². The van der Waals surface area contributed by atoms with Crippen LogP contribution in [-0.4, -0.2) is 40.1 Å². The molecule has 3 rings (SSSR count). The van der Waals surface area contributed by atoms with E-state index in [4.69, 9.17) is 9.15 Å². The molecule has 1 aliphatic heterocycles. The Morgan fingerprint density at radius 3 is 2.85 bits per heavy atom. The molecular weight excluding hydrogens is 334 g/mol. The van der Waals surface area contributed by atoms with E-state index >= 15 is 0 Å². The van der Waals surface area contributed by atoms with Crippen molar-refractivity contribution in [3.63, 3.8) is 0 Å². The standard InChI is InChI=1S/C19H25N3O4/c1-5-16-21-13-11-12(8-9-15(13)25-16)20-17(23)14-7-6-10-22(14)18(24)26-19(2,3)4/h8-9,11,14H,5-7,10H2,1-4H3,(H,20,23). The number of benzene rings is 1. The number of hydrogen-bond acceptors (Lipinski definition) is 5. The van der Waals surface area contributed by atoms with Gasteiger partial charge in [0.15, 0.2) is 11.5 Å². The first kappa shape index (κ1) is 18.2. The average molecular weight is 359 g/mol. The van der Waals surface area contributed by atoms with E-state index in [0.717, 1.165) is 6.42 Å². The van der Waals surface area contributed by atoms with Crippen LogP contribution >= 0.6 is 0 Å². The zero-order valence-electron chi connectivity index (χ0n) is 15.7. The van der Waals surface area contributed by atoms with Crippen LogP contribution in [0.15, 0.2) is 22.6 Å². The second kappa shape index (κ2) is 6.97. The molecule has 140 valence electrons. The lowest BCUT2D eigenvalue weighted by Gasteiger charge is -2.28. The smallest absolute Gasteiger partial charge is 0.410 e. The van der Waals surface area contributed by atoms with Gasteiger partial charge in [-0.15, -0.1) is 0 Å². The van der Waals surface area contributed by atoms with E-state index in [1.807, 2.05) is 27.7 Å². The molecule has 1 aliphatic rings. The number of aromatic nitrogens is 1. The van der Waals surface area contributed by atoms with Crippen LogP contribution in [0.2, 0.25) is 0 Å². The fourth-order valence-electron chi connectivity index (χ4n) is 3.01. The van der Waals surface area contributed by atoms with Crippen molar-refractivity contribution in [2.45, 2.75) is 58.6 Å². The highest BCUT2D eigenvalue weighted by Crippen LogP contribution is 2.24. The molecule has 2 amide bonds. The van der Waals surface area contributed by atoms with Crippen molar-refractivity contribution in [1.29, 1.82) is 0 Å². The molecule has 1 aromatic heterocycles. The molecule has 0 saturated carbocycles. The van der Waals surface area contributed by atoms with Gasteiger partial charge in [0.05, 0.1) is 0 Å². The Morgan fingerprint density at radius 2 is 2.15 bits per heavy atom. The third-order valence-corrected chi connectivity index (χ3v) is 4.19. The molecule has 1 fully saturated rings. The van der Waals surface area contributed by atoms with Crippen molar-refractivity contribution in [2.24, 2.45) is 0 Å². The summed E-state index contributed by atoms with van der Waals surface area (Å²) in [7, 11) is 0. The lowest BCUT2D eigenvalue weighted by molar-refractivity contribution is -0.120. The second-order valence-electron chi connectivity index (χ2n) is 7.46. The monoisotopic (exact) mass is 359 g/mol. The molecule has 1 saturated heterocycles. The van der Waals surface area contributed by atoms with Crippen LogP contribution in [0.25, 0.3) is 11.1 Å². The highest BCUT2D eigenvalue weighted by molar-refractivity contribution is 5.98. The number of fused-ring (bicyclic) bond motifs is 1. The first-order valence-corrected chi connectivity index (χ1v) is 8.97. The highest BCUT2D eigenvalue weighted by Gasteiger charge is 2.36. The SMILES string of the molecule is CCc1nc2cc(NC(=O)C3CCCN3C(=O)OC(C)(C)C)ccc2o1. The van der Waals surface area contributed by atoms with Gasteiger partial charge in [-0.2, -0.15) is 0 Å². The van der Waals surface area contributed by atoms with Gasteiger partial charge in [0.1, 0.15) is 17.2 Å². The molecule has 7 nitrogen and oxygen atoms in total. The summed E-state index contributed by atoms with van der Waals surface area (Å²) in [6.07, 6.45) is 1.66. The largest absolute Gasteiger partial charge is 0.444 e. The normalized spacial score (nSPS) is 17.5. The summed E-state index contributed by atoms with van der Waals surface area (Å²) < 4.78 is 11.0. The van der Waals surface area contributed by atoms with Gasteiger partial charge in [-0.3, -0.25) is 9.69 Å². The van der Waals surface area contributed by atoms with Gasteiger partial charge in [-0.25, -0.2) is 9.78 Å². The zero-order valence-corrected chi connectivity index (χ0v) is 15.7. The maximum absolute atomic E-state index is 12.7. The van der Waals surface area contributed by atoms with Crippen LogP contribution in [0.5, 0.6) is 0 Å². The van der Waals surface area contributed by atoms with Gasteiger partial charge >= 0.3 is 6.09 Å². The van der Waals surface area contributed by atoms with Crippen molar-refractivity contribution in [2.75, 3.05) is 11.9 Å². The van der Waals surface area contributed by atoms with Gasteiger partial charge in [0, 0.05) is 18.7 Å². The number of amides is 2. The number of nitrogens with zero attached hydrogens (tertiary/aromatic N) is 2. The minimum atomic E-state index is -0.588. The average Bonchev–Trinajstić information content (AvgIpc) is 3.19. The van der Waals surface area contributed by atoms with Crippen molar-refractivity contribution < 1.29 is 18.7 Å². The number of aryl methyl sites for hydroxylation is 1. The topological polar surface area (TPSA) is 84.7 Å². The number of nitrogens with one attached hydrogen (secondary N) is 1. The molecule has 0 bridgehead atoms. The van der Waals surface area contributed by atoms with Crippen LogP contribution in [0.3, 0.4) is 0 Å². The predicted octanol–water partition coefficient (Wildman–Crippen LogP) is 3.73. The summed E-state index contributed by atoms with van der Waals surface area (Å²) in [5.74, 6) is 0.447. The van der Waals surface area contributed by atoms with Crippen molar-refractivity contribution in [3.8, 4) is 0 Å². The quantitative estimate of drug-likeness (QED) is 0.902. The molecule has 2 heterocycles. The molecular formula is C19H25N3O4. The number of ether oxygens (including phenoxy) is 1. The zero-order chi connectivity index (χ0) is 18.9. The van der Waals surface area contributed by atoms with Gasteiger partial charge < -0.3 is 14.5 Å². The van der Waals surface area contributed by atoms with E-state index in [2.05, 4.69) is 10.3 Å². The number of rotatable bonds is 3. The minimum Gasteiger partial charge on any atom is -0.444 e. The number of likely N-dealkylation sites (tertiary alicyclic amines) is 1. The first-order chi connectivity index (χ1) is 12.3. The van der Waals surface area contributed by atoms with E-state index in [9.17, 15) is 9.59 Å². The maximum Gasteiger partial charge on any atom is 0.410 e. The predicted molar refractivity (Wildman–Crippen MR) is 98.0 cm³/mol. The highest BCUT2D eigenvalue weighted by atomic mass is 16.6.